The lowest BCUT2D eigenvalue weighted by Gasteiger charge is -2.12. The average Bonchev–Trinajstić information content (AvgIpc) is 2.67. The van der Waals surface area contributed by atoms with E-state index >= 15 is 0 Å². The Labute approximate surface area is 167 Å². The maximum atomic E-state index is 11.9. The highest BCUT2D eigenvalue weighted by molar-refractivity contribution is 6.32. The van der Waals surface area contributed by atoms with Crippen LogP contribution in [0.4, 0.5) is 23.1 Å². The maximum absolute atomic E-state index is 11.9. The molecule has 28 heavy (non-hydrogen) atoms. The molecule has 1 heterocycles. The van der Waals surface area contributed by atoms with E-state index in [0.29, 0.717) is 33.8 Å². The summed E-state index contributed by atoms with van der Waals surface area (Å²) < 4.78 is 9.98. The number of halogens is 1. The van der Waals surface area contributed by atoms with E-state index in [1.807, 2.05) is 19.1 Å². The number of anilines is 4. The molecule has 3 rings (SSSR count). The second kappa shape index (κ2) is 8.58. The molecule has 0 aliphatic carbocycles. The van der Waals surface area contributed by atoms with Crippen molar-refractivity contribution in [2.24, 2.45) is 0 Å². The van der Waals surface area contributed by atoms with Crippen molar-refractivity contribution in [3.8, 4) is 5.75 Å². The quantitative estimate of drug-likeness (QED) is 0.581. The van der Waals surface area contributed by atoms with Crippen LogP contribution < -0.4 is 15.4 Å². The van der Waals surface area contributed by atoms with Crippen molar-refractivity contribution in [3.63, 3.8) is 0 Å². The number of para-hydroxylation sites is 1. The molecule has 0 unspecified atom stereocenters. The molecule has 8 heteroatoms. The van der Waals surface area contributed by atoms with Gasteiger partial charge >= 0.3 is 5.97 Å². The smallest absolute Gasteiger partial charge is 0.339 e. The van der Waals surface area contributed by atoms with Gasteiger partial charge in [0.1, 0.15) is 11.6 Å². The molecule has 2 N–H and O–H groups in total. The lowest BCUT2D eigenvalue weighted by atomic mass is 10.2. The van der Waals surface area contributed by atoms with Gasteiger partial charge in [-0.25, -0.2) is 9.78 Å². The van der Waals surface area contributed by atoms with E-state index < -0.39 is 5.97 Å². The van der Waals surface area contributed by atoms with Crippen molar-refractivity contribution in [2.45, 2.75) is 6.92 Å². The van der Waals surface area contributed by atoms with Gasteiger partial charge in [-0.15, -0.1) is 0 Å². The lowest BCUT2D eigenvalue weighted by Crippen LogP contribution is -2.08. The van der Waals surface area contributed by atoms with E-state index in [1.54, 1.807) is 43.5 Å². The van der Waals surface area contributed by atoms with Crippen LogP contribution in [0.1, 0.15) is 16.1 Å². The van der Waals surface area contributed by atoms with Crippen LogP contribution in [0.25, 0.3) is 0 Å². The summed E-state index contributed by atoms with van der Waals surface area (Å²) in [4.78, 5) is 20.8. The van der Waals surface area contributed by atoms with E-state index in [9.17, 15) is 4.79 Å². The van der Waals surface area contributed by atoms with Gasteiger partial charge in [0.2, 0.25) is 5.95 Å². The third kappa shape index (κ3) is 4.50. The zero-order valence-electron chi connectivity index (χ0n) is 15.6. The molecule has 0 aliphatic rings. The van der Waals surface area contributed by atoms with Crippen LogP contribution in [-0.4, -0.2) is 30.2 Å². The van der Waals surface area contributed by atoms with Gasteiger partial charge in [-0.3, -0.25) is 0 Å². The molecule has 3 aromatic rings. The number of esters is 1. The average molecular weight is 399 g/mol. The number of carbonyl (C=O) groups is 1. The number of rotatable bonds is 6. The minimum atomic E-state index is -0.443. The third-order valence-electron chi connectivity index (χ3n) is 3.86. The first-order chi connectivity index (χ1) is 13.5. The normalized spacial score (nSPS) is 10.3. The van der Waals surface area contributed by atoms with Crippen molar-refractivity contribution in [1.29, 1.82) is 0 Å². The number of aryl methyl sites for hydroxylation is 1. The van der Waals surface area contributed by atoms with Gasteiger partial charge in [0, 0.05) is 17.4 Å². The number of ether oxygens (including phenoxy) is 2. The first-order valence-corrected chi connectivity index (χ1v) is 8.78. The molecule has 0 radical (unpaired) electrons. The van der Waals surface area contributed by atoms with Crippen LogP contribution >= 0.6 is 11.6 Å². The van der Waals surface area contributed by atoms with Crippen molar-refractivity contribution >= 4 is 40.7 Å². The molecule has 2 aromatic carbocycles. The molecule has 1 aromatic heterocycles. The largest absolute Gasteiger partial charge is 0.495 e. The van der Waals surface area contributed by atoms with Crippen molar-refractivity contribution < 1.29 is 14.3 Å². The van der Waals surface area contributed by atoms with Gasteiger partial charge in [0.25, 0.3) is 0 Å². The Kier molecular flexibility index (Phi) is 5.96. The van der Waals surface area contributed by atoms with Crippen LogP contribution in [-0.2, 0) is 4.74 Å². The number of hydrogen-bond acceptors (Lipinski definition) is 7. The van der Waals surface area contributed by atoms with E-state index in [-0.39, 0.29) is 0 Å². The van der Waals surface area contributed by atoms with Gasteiger partial charge in [-0.2, -0.15) is 4.98 Å². The van der Waals surface area contributed by atoms with E-state index in [0.717, 1.165) is 11.4 Å². The summed E-state index contributed by atoms with van der Waals surface area (Å²) in [5.41, 5.74) is 2.45. The number of carbonyl (C=O) groups excluding carboxylic acids is 1. The number of aromatic nitrogens is 2. The minimum absolute atomic E-state index is 0.346. The molecule has 0 spiro atoms. The monoisotopic (exact) mass is 398 g/mol. The number of methoxy groups -OCH3 is 2. The molecule has 7 nitrogen and oxygen atoms in total. The highest BCUT2D eigenvalue weighted by atomic mass is 35.5. The summed E-state index contributed by atoms with van der Waals surface area (Å²) >= 11 is 6.17. The first kappa shape index (κ1) is 19.4. The second-order valence-electron chi connectivity index (χ2n) is 5.85. The predicted molar refractivity (Wildman–Crippen MR) is 109 cm³/mol. The number of hydrogen-bond donors (Lipinski definition) is 2. The third-order valence-corrected chi connectivity index (χ3v) is 4.15. The summed E-state index contributed by atoms with van der Waals surface area (Å²) in [7, 11) is 2.90. The van der Waals surface area contributed by atoms with Gasteiger partial charge in [-0.1, -0.05) is 23.7 Å². The SMILES string of the molecule is COC(=O)c1ccccc1Nc1nc(C)cc(Nc2ccc(OC)c(Cl)c2)n1. The fourth-order valence-electron chi connectivity index (χ4n) is 2.58. The molecule has 0 fully saturated rings. The zero-order valence-corrected chi connectivity index (χ0v) is 16.4. The fraction of sp³-hybridized carbons (Fsp3) is 0.150. The van der Waals surface area contributed by atoms with Gasteiger partial charge in [0.15, 0.2) is 0 Å². The summed E-state index contributed by atoms with van der Waals surface area (Å²) in [5.74, 6) is 1.07. The fourth-order valence-corrected chi connectivity index (χ4v) is 2.84. The zero-order chi connectivity index (χ0) is 20.1. The molecule has 0 saturated heterocycles. The van der Waals surface area contributed by atoms with E-state index in [2.05, 4.69) is 20.6 Å². The van der Waals surface area contributed by atoms with E-state index in [4.69, 9.17) is 21.1 Å². The van der Waals surface area contributed by atoms with Crippen molar-refractivity contribution in [1.82, 2.24) is 9.97 Å². The van der Waals surface area contributed by atoms with E-state index in [1.165, 1.54) is 7.11 Å². The predicted octanol–water partition coefficient (Wildman–Crippen LogP) is 4.72. The van der Waals surface area contributed by atoms with Gasteiger partial charge < -0.3 is 20.1 Å². The van der Waals surface area contributed by atoms with Crippen LogP contribution in [0.15, 0.2) is 48.5 Å². The Balaban J connectivity index is 1.86. The maximum Gasteiger partial charge on any atom is 0.339 e. The second-order valence-corrected chi connectivity index (χ2v) is 6.26. The van der Waals surface area contributed by atoms with Crippen molar-refractivity contribution in [3.05, 3.63) is 64.8 Å². The molecule has 0 amide bonds. The van der Waals surface area contributed by atoms with Crippen LogP contribution in [0.5, 0.6) is 5.75 Å². The lowest BCUT2D eigenvalue weighted by molar-refractivity contribution is 0.0602. The Morgan fingerprint density at radius 1 is 1.04 bits per heavy atom. The Morgan fingerprint density at radius 3 is 2.54 bits per heavy atom. The summed E-state index contributed by atoms with van der Waals surface area (Å²) in [6.07, 6.45) is 0. The summed E-state index contributed by atoms with van der Waals surface area (Å²) in [6.45, 7) is 1.85. The number of benzene rings is 2. The summed E-state index contributed by atoms with van der Waals surface area (Å²) in [6, 6.07) is 14.1. The molecule has 0 aliphatic heterocycles. The molecule has 144 valence electrons. The number of nitrogens with zero attached hydrogens (tertiary/aromatic N) is 2. The molecule has 0 bridgehead atoms. The van der Waals surface area contributed by atoms with Crippen LogP contribution in [0.2, 0.25) is 5.02 Å². The summed E-state index contributed by atoms with van der Waals surface area (Å²) in [5, 5.41) is 6.75. The van der Waals surface area contributed by atoms with Crippen LogP contribution in [0.3, 0.4) is 0 Å². The molecule has 0 saturated carbocycles. The first-order valence-electron chi connectivity index (χ1n) is 8.41. The topological polar surface area (TPSA) is 85.4 Å². The minimum Gasteiger partial charge on any atom is -0.495 e. The van der Waals surface area contributed by atoms with Crippen molar-refractivity contribution in [2.75, 3.05) is 24.9 Å². The molecule has 0 atom stereocenters. The Morgan fingerprint density at radius 2 is 1.82 bits per heavy atom. The van der Waals surface area contributed by atoms with Gasteiger partial charge in [-0.05, 0) is 37.3 Å². The highest BCUT2D eigenvalue weighted by Gasteiger charge is 2.13. The molecular formula is C20H19ClN4O3. The number of nitrogens with one attached hydrogen (secondary N) is 2. The Hall–Kier alpha value is -3.32. The molecular weight excluding hydrogens is 380 g/mol. The Bertz CT molecular complexity index is 1010. The van der Waals surface area contributed by atoms with Crippen LogP contribution in [0, 0.1) is 6.92 Å². The highest BCUT2D eigenvalue weighted by Crippen LogP contribution is 2.29. The standard InChI is InChI=1S/C20H19ClN4O3/c1-12-10-18(23-13-8-9-17(27-2)15(21)11-13)25-20(22-12)24-16-7-5-4-6-14(16)19(26)28-3/h4-11H,1-3H3,(H2,22,23,24,25). The van der Waals surface area contributed by atoms with Gasteiger partial charge in [0.05, 0.1) is 30.5 Å².